The van der Waals surface area contributed by atoms with Crippen molar-refractivity contribution in [3.05, 3.63) is 0 Å². The lowest BCUT2D eigenvalue weighted by molar-refractivity contribution is -0.461. The molecular weight excluding hydrogens is 715 g/mol. The number of alkyl halides is 17. The minimum atomic E-state index is -8.58. The van der Waals surface area contributed by atoms with Gasteiger partial charge in [0.15, 0.2) is 0 Å². The molecule has 48 heavy (non-hydrogen) atoms. The zero-order chi connectivity index (χ0) is 37.6. The molecule has 0 aromatic rings. The van der Waals surface area contributed by atoms with Crippen LogP contribution in [0.1, 0.15) is 129 Å². The van der Waals surface area contributed by atoms with Gasteiger partial charge in [-0.1, -0.05) is 103 Å². The molecule has 0 saturated heterocycles. The van der Waals surface area contributed by atoms with E-state index in [4.69, 9.17) is 0 Å². The Balaban J connectivity index is 4.53. The molecule has 0 aromatic heterocycles. The van der Waals surface area contributed by atoms with Gasteiger partial charge in [0.2, 0.25) is 0 Å². The van der Waals surface area contributed by atoms with Crippen LogP contribution in [-0.4, -0.2) is 59.1 Å². The summed E-state index contributed by atoms with van der Waals surface area (Å²) in [6.07, 6.45) is 4.54. The first-order chi connectivity index (χ1) is 21.8. The van der Waals surface area contributed by atoms with E-state index in [0.29, 0.717) is 12.8 Å². The molecule has 0 nitrogen and oxygen atoms in total. The maximum Gasteiger partial charge on any atom is 0.460 e. The van der Waals surface area contributed by atoms with Crippen LogP contribution < -0.4 is 0 Å². The second-order valence-corrected chi connectivity index (χ2v) is 13.2. The predicted octanol–water partition coefficient (Wildman–Crippen LogP) is 14.2. The molecule has 0 radical (unpaired) electrons. The number of hydrogen-bond donors (Lipinski definition) is 0. The van der Waals surface area contributed by atoms with Crippen molar-refractivity contribution in [2.24, 2.45) is 0 Å². The van der Waals surface area contributed by atoms with E-state index in [9.17, 15) is 74.6 Å². The summed E-state index contributed by atoms with van der Waals surface area (Å²) in [6.45, 7) is 2.18. The molecule has 0 aromatic carbocycles. The summed E-state index contributed by atoms with van der Waals surface area (Å²) in [5, 5.41) is 0. The highest BCUT2D eigenvalue weighted by Crippen LogP contribution is 2.64. The fraction of sp³-hybridized carbons (Fsp3) is 1.00. The Labute approximate surface area is 274 Å². The first-order valence-electron chi connectivity index (χ1n) is 16.1. The zero-order valence-corrected chi connectivity index (χ0v) is 27.5. The van der Waals surface area contributed by atoms with Crippen molar-refractivity contribution < 1.29 is 74.6 Å². The van der Waals surface area contributed by atoms with Crippen LogP contribution in [0.25, 0.3) is 0 Å². The summed E-state index contributed by atoms with van der Waals surface area (Å²) in [5.74, 6) is -53.7. The summed E-state index contributed by atoms with van der Waals surface area (Å²) in [6, 6.07) is 0. The van der Waals surface area contributed by atoms with E-state index in [1.807, 2.05) is 11.8 Å². The molecule has 0 fully saturated rings. The Bertz CT molecular complexity index is 872. The van der Waals surface area contributed by atoms with Gasteiger partial charge in [0.25, 0.3) is 0 Å². The molecule has 0 aliphatic heterocycles. The van der Waals surface area contributed by atoms with E-state index in [0.717, 1.165) is 37.2 Å². The minimum absolute atomic E-state index is 0.0957. The van der Waals surface area contributed by atoms with Crippen LogP contribution in [0.4, 0.5) is 74.6 Å². The van der Waals surface area contributed by atoms with Crippen LogP contribution in [0.15, 0.2) is 0 Å². The van der Waals surface area contributed by atoms with E-state index in [2.05, 4.69) is 6.92 Å². The van der Waals surface area contributed by atoms with Gasteiger partial charge in [-0.3, -0.25) is 0 Å². The molecule has 0 aliphatic rings. The normalized spacial score (nSPS) is 14.6. The van der Waals surface area contributed by atoms with Gasteiger partial charge in [-0.2, -0.15) is 86.4 Å². The van der Waals surface area contributed by atoms with E-state index < -0.39 is 60.5 Å². The molecule has 290 valence electrons. The molecule has 0 atom stereocenters. The Morgan fingerprint density at radius 3 is 0.917 bits per heavy atom. The maximum absolute atomic E-state index is 14.0. The van der Waals surface area contributed by atoms with Gasteiger partial charge >= 0.3 is 47.6 Å². The van der Waals surface area contributed by atoms with Crippen LogP contribution in [0.3, 0.4) is 0 Å². The number of halogens is 17. The van der Waals surface area contributed by atoms with Crippen LogP contribution >= 0.6 is 11.8 Å². The fourth-order valence-electron chi connectivity index (χ4n) is 4.76. The number of thioether (sulfide) groups is 1. The van der Waals surface area contributed by atoms with E-state index in [1.165, 1.54) is 57.8 Å². The molecule has 0 N–H and O–H groups in total. The molecule has 18 heteroatoms. The SMILES string of the molecule is CCCCCCCCCCCCSCCCCCCCCCCC(F)(F)C(F)(F)C(F)(F)C(F)(F)C(F)(F)C(F)(F)C(F)(F)C(F)(F)F. The summed E-state index contributed by atoms with van der Waals surface area (Å²) in [5.41, 5.74) is 0. The Morgan fingerprint density at radius 2 is 0.583 bits per heavy atom. The quantitative estimate of drug-likeness (QED) is 0.0565. The summed E-state index contributed by atoms with van der Waals surface area (Å²) >= 11 is 1.83. The Hall–Kier alpha value is -0.840. The minimum Gasteiger partial charge on any atom is -0.200 e. The highest BCUT2D eigenvalue weighted by Gasteiger charge is 2.95. The van der Waals surface area contributed by atoms with Crippen LogP contribution in [0.5, 0.6) is 0 Å². The molecule has 0 spiro atoms. The predicted molar refractivity (Wildman–Crippen MR) is 151 cm³/mol. The number of unbranched alkanes of at least 4 members (excludes halogenated alkanes) is 16. The lowest BCUT2D eigenvalue weighted by Gasteiger charge is -2.42. The molecule has 0 unspecified atom stereocenters. The van der Waals surface area contributed by atoms with Crippen molar-refractivity contribution in [2.75, 3.05) is 11.5 Å². The third-order valence-electron chi connectivity index (χ3n) is 7.96. The zero-order valence-electron chi connectivity index (χ0n) is 26.7. The molecule has 0 aliphatic carbocycles. The van der Waals surface area contributed by atoms with Gasteiger partial charge in [-0.15, -0.1) is 0 Å². The summed E-state index contributed by atoms with van der Waals surface area (Å²) < 4.78 is 227. The molecule has 0 rings (SSSR count). The fourth-order valence-corrected chi connectivity index (χ4v) is 5.78. The topological polar surface area (TPSA) is 0 Å². The molecule has 0 heterocycles. The first kappa shape index (κ1) is 47.2. The lowest BCUT2D eigenvalue weighted by Crippen LogP contribution is -2.74. The van der Waals surface area contributed by atoms with Crippen LogP contribution in [0.2, 0.25) is 0 Å². The standard InChI is InChI=1S/C30H45F17S/c1-2-3-4-5-6-7-9-12-15-18-21-48-22-19-16-13-10-8-11-14-17-20-23(31,32)24(33,34)25(35,36)26(37,38)27(39,40)28(41,42)29(43,44)30(45,46)47/h2-22H2,1H3. The molecular formula is C30H45F17S. The smallest absolute Gasteiger partial charge is 0.200 e. The third-order valence-corrected chi connectivity index (χ3v) is 9.11. The highest BCUT2D eigenvalue weighted by molar-refractivity contribution is 7.99. The van der Waals surface area contributed by atoms with Crippen LogP contribution in [0, 0.1) is 0 Å². The van der Waals surface area contributed by atoms with Crippen molar-refractivity contribution in [1.29, 1.82) is 0 Å². The number of rotatable bonds is 28. The van der Waals surface area contributed by atoms with Crippen molar-refractivity contribution in [1.82, 2.24) is 0 Å². The summed E-state index contributed by atoms with van der Waals surface area (Å²) in [7, 11) is 0. The van der Waals surface area contributed by atoms with Crippen molar-refractivity contribution in [2.45, 2.75) is 177 Å². The largest absolute Gasteiger partial charge is 0.460 e. The monoisotopic (exact) mass is 760 g/mol. The van der Waals surface area contributed by atoms with Gasteiger partial charge in [-0.05, 0) is 30.8 Å². The van der Waals surface area contributed by atoms with E-state index in [-0.39, 0.29) is 12.8 Å². The summed E-state index contributed by atoms with van der Waals surface area (Å²) in [4.78, 5) is 0. The third kappa shape index (κ3) is 11.9. The van der Waals surface area contributed by atoms with Gasteiger partial charge in [0.05, 0.1) is 0 Å². The van der Waals surface area contributed by atoms with Crippen LogP contribution in [-0.2, 0) is 0 Å². The van der Waals surface area contributed by atoms with Crippen molar-refractivity contribution >= 4 is 11.8 Å². The molecule has 0 saturated carbocycles. The van der Waals surface area contributed by atoms with Gasteiger partial charge in [0.1, 0.15) is 0 Å². The van der Waals surface area contributed by atoms with Gasteiger partial charge < -0.3 is 0 Å². The number of hydrogen-bond acceptors (Lipinski definition) is 1. The molecule has 0 bridgehead atoms. The second kappa shape index (κ2) is 19.7. The van der Waals surface area contributed by atoms with E-state index >= 15 is 0 Å². The maximum atomic E-state index is 14.0. The lowest BCUT2D eigenvalue weighted by atomic mass is 9.87. The molecule has 0 amide bonds. The average molecular weight is 761 g/mol. The second-order valence-electron chi connectivity index (χ2n) is 12.0. The first-order valence-corrected chi connectivity index (χ1v) is 17.3. The van der Waals surface area contributed by atoms with Crippen molar-refractivity contribution in [3.8, 4) is 0 Å². The highest BCUT2D eigenvalue weighted by atomic mass is 32.2. The van der Waals surface area contributed by atoms with Gasteiger partial charge in [-0.25, -0.2) is 0 Å². The Kier molecular flexibility index (Phi) is 19.3. The van der Waals surface area contributed by atoms with Gasteiger partial charge in [0, 0.05) is 6.42 Å². The average Bonchev–Trinajstić information content (AvgIpc) is 2.96. The van der Waals surface area contributed by atoms with Crippen molar-refractivity contribution in [3.63, 3.8) is 0 Å². The Morgan fingerprint density at radius 1 is 0.312 bits per heavy atom. The van der Waals surface area contributed by atoms with E-state index in [1.54, 1.807) is 0 Å².